The van der Waals surface area contributed by atoms with Crippen LogP contribution in [0, 0.1) is 0 Å². The molecule has 0 aliphatic heterocycles. The Balaban J connectivity index is 2.92. The van der Waals surface area contributed by atoms with Crippen molar-refractivity contribution in [3.8, 4) is 0 Å². The topological polar surface area (TPSA) is 21.7 Å². The lowest BCUT2D eigenvalue weighted by atomic mass is 10.2. The quantitative estimate of drug-likeness (QED) is 0.662. The van der Waals surface area contributed by atoms with E-state index in [1.54, 1.807) is 20.3 Å². The third-order valence-corrected chi connectivity index (χ3v) is 1.65. The summed E-state index contributed by atoms with van der Waals surface area (Å²) in [5.74, 6) is 0. The molecule has 0 aliphatic carbocycles. The van der Waals surface area contributed by atoms with Gasteiger partial charge in [0.2, 0.25) is 0 Å². The molecule has 0 radical (unpaired) electrons. The molecule has 0 heterocycles. The minimum Gasteiger partial charge on any atom is -0.252 e. The molecular formula is C10H13NO2. The summed E-state index contributed by atoms with van der Waals surface area (Å²) >= 11 is 0. The molecule has 1 aromatic carbocycles. The van der Waals surface area contributed by atoms with E-state index < -0.39 is 0 Å². The first-order chi connectivity index (χ1) is 6.31. The summed E-state index contributed by atoms with van der Waals surface area (Å²) in [5, 5.41) is 1.33. The molecule has 3 heteroatoms. The predicted octanol–water partition coefficient (Wildman–Crippen LogP) is 2.26. The molecule has 0 aromatic heterocycles. The third-order valence-electron chi connectivity index (χ3n) is 1.65. The summed E-state index contributed by atoms with van der Waals surface area (Å²) < 4.78 is 0. The van der Waals surface area contributed by atoms with Crippen molar-refractivity contribution < 1.29 is 9.68 Å². The van der Waals surface area contributed by atoms with Gasteiger partial charge in [-0.2, -0.15) is 0 Å². The summed E-state index contributed by atoms with van der Waals surface area (Å²) in [7, 11) is 3.09. The van der Waals surface area contributed by atoms with Gasteiger partial charge in [-0.25, -0.2) is 0 Å². The Labute approximate surface area is 78.1 Å². The van der Waals surface area contributed by atoms with Crippen molar-refractivity contribution in [2.75, 3.05) is 19.4 Å². The van der Waals surface area contributed by atoms with Gasteiger partial charge in [-0.05, 0) is 17.7 Å². The van der Waals surface area contributed by atoms with Crippen LogP contribution in [0.3, 0.4) is 0 Å². The molecule has 0 saturated heterocycles. The highest BCUT2D eigenvalue weighted by Crippen LogP contribution is 2.16. The molecule has 0 fully saturated rings. The van der Waals surface area contributed by atoms with Crippen LogP contribution in [0.5, 0.6) is 0 Å². The van der Waals surface area contributed by atoms with Crippen molar-refractivity contribution in [3.05, 3.63) is 36.4 Å². The van der Waals surface area contributed by atoms with Crippen LogP contribution in [0.15, 0.2) is 30.8 Å². The number of benzene rings is 1. The second kappa shape index (κ2) is 4.64. The SMILES string of the molecule is C=Cc1cccc(N(OC)OC)c1. The van der Waals surface area contributed by atoms with Gasteiger partial charge in [0.15, 0.2) is 0 Å². The molecule has 0 amide bonds. The van der Waals surface area contributed by atoms with Crippen molar-refractivity contribution >= 4 is 11.8 Å². The Bertz CT molecular complexity index is 282. The van der Waals surface area contributed by atoms with Crippen molar-refractivity contribution in [1.29, 1.82) is 0 Å². The minimum absolute atomic E-state index is 0.836. The van der Waals surface area contributed by atoms with Gasteiger partial charge in [-0.15, -0.1) is 5.23 Å². The van der Waals surface area contributed by atoms with Gasteiger partial charge in [0.25, 0.3) is 0 Å². The molecule has 70 valence electrons. The number of rotatable bonds is 4. The van der Waals surface area contributed by atoms with E-state index in [9.17, 15) is 0 Å². The largest absolute Gasteiger partial charge is 0.252 e. The fraction of sp³-hybridized carbons (Fsp3) is 0.200. The summed E-state index contributed by atoms with van der Waals surface area (Å²) in [6, 6.07) is 7.68. The normalized spacial score (nSPS) is 9.69. The monoisotopic (exact) mass is 179 g/mol. The van der Waals surface area contributed by atoms with E-state index in [0.29, 0.717) is 0 Å². The fourth-order valence-corrected chi connectivity index (χ4v) is 1.05. The minimum atomic E-state index is 0.836. The molecule has 0 unspecified atom stereocenters. The molecule has 0 spiro atoms. The van der Waals surface area contributed by atoms with E-state index in [1.165, 1.54) is 5.23 Å². The zero-order valence-corrected chi connectivity index (χ0v) is 7.86. The Kier molecular flexibility index (Phi) is 3.49. The highest BCUT2D eigenvalue weighted by molar-refractivity contribution is 5.55. The summed E-state index contributed by atoms with van der Waals surface area (Å²) in [6.07, 6.45) is 1.77. The standard InChI is InChI=1S/C10H13NO2/c1-4-9-6-5-7-10(8-9)11(12-2)13-3/h4-8H,1H2,2-3H3. The lowest BCUT2D eigenvalue weighted by Gasteiger charge is -2.18. The molecule has 1 aromatic rings. The number of hydrogen-bond donors (Lipinski definition) is 0. The van der Waals surface area contributed by atoms with Crippen LogP contribution < -0.4 is 5.23 Å². The smallest absolute Gasteiger partial charge is 0.0953 e. The van der Waals surface area contributed by atoms with E-state index in [1.807, 2.05) is 24.3 Å². The fourth-order valence-electron chi connectivity index (χ4n) is 1.05. The summed E-state index contributed by atoms with van der Waals surface area (Å²) in [5.41, 5.74) is 1.86. The van der Waals surface area contributed by atoms with Gasteiger partial charge in [0.05, 0.1) is 19.9 Å². The number of nitrogens with zero attached hydrogens (tertiary/aromatic N) is 1. The van der Waals surface area contributed by atoms with Crippen LogP contribution in [0.4, 0.5) is 5.69 Å². The number of anilines is 1. The van der Waals surface area contributed by atoms with Gasteiger partial charge in [-0.3, -0.25) is 9.68 Å². The van der Waals surface area contributed by atoms with Crippen molar-refractivity contribution in [1.82, 2.24) is 0 Å². The molecule has 0 N–H and O–H groups in total. The van der Waals surface area contributed by atoms with Gasteiger partial charge < -0.3 is 0 Å². The molecular weight excluding hydrogens is 166 g/mol. The molecule has 13 heavy (non-hydrogen) atoms. The van der Waals surface area contributed by atoms with Crippen LogP contribution in [0.1, 0.15) is 5.56 Å². The van der Waals surface area contributed by atoms with E-state index >= 15 is 0 Å². The summed E-state index contributed by atoms with van der Waals surface area (Å²) in [4.78, 5) is 9.92. The number of hydrogen-bond acceptors (Lipinski definition) is 3. The van der Waals surface area contributed by atoms with E-state index in [2.05, 4.69) is 6.58 Å². The van der Waals surface area contributed by atoms with Gasteiger partial charge in [0, 0.05) is 0 Å². The lowest BCUT2D eigenvalue weighted by Crippen LogP contribution is -2.19. The maximum absolute atomic E-state index is 4.96. The van der Waals surface area contributed by atoms with Crippen LogP contribution >= 0.6 is 0 Å². The summed E-state index contributed by atoms with van der Waals surface area (Å²) in [6.45, 7) is 3.68. The lowest BCUT2D eigenvalue weighted by molar-refractivity contribution is -0.0433. The van der Waals surface area contributed by atoms with Gasteiger partial charge in [-0.1, -0.05) is 24.8 Å². The third kappa shape index (κ3) is 2.31. The first-order valence-electron chi connectivity index (χ1n) is 3.92. The predicted molar refractivity (Wildman–Crippen MR) is 53.0 cm³/mol. The maximum Gasteiger partial charge on any atom is 0.0953 e. The zero-order chi connectivity index (χ0) is 9.68. The van der Waals surface area contributed by atoms with Crippen molar-refractivity contribution in [2.45, 2.75) is 0 Å². The first-order valence-corrected chi connectivity index (χ1v) is 3.92. The second-order valence-electron chi connectivity index (χ2n) is 2.42. The molecule has 0 atom stereocenters. The molecule has 0 saturated carbocycles. The molecule has 0 aliphatic rings. The first kappa shape index (κ1) is 9.77. The molecule has 0 bridgehead atoms. The van der Waals surface area contributed by atoms with Crippen LogP contribution in [0.2, 0.25) is 0 Å². The Morgan fingerprint density at radius 2 is 2.00 bits per heavy atom. The second-order valence-corrected chi connectivity index (χ2v) is 2.42. The highest BCUT2D eigenvalue weighted by atomic mass is 16.9. The van der Waals surface area contributed by atoms with E-state index in [-0.39, 0.29) is 0 Å². The van der Waals surface area contributed by atoms with Crippen molar-refractivity contribution in [2.24, 2.45) is 0 Å². The van der Waals surface area contributed by atoms with Crippen LogP contribution in [0.25, 0.3) is 6.08 Å². The van der Waals surface area contributed by atoms with Crippen LogP contribution in [-0.2, 0) is 9.68 Å². The van der Waals surface area contributed by atoms with E-state index in [0.717, 1.165) is 11.3 Å². The van der Waals surface area contributed by atoms with E-state index in [4.69, 9.17) is 9.68 Å². The van der Waals surface area contributed by atoms with Crippen LogP contribution in [-0.4, -0.2) is 14.2 Å². The van der Waals surface area contributed by atoms with Gasteiger partial charge >= 0.3 is 0 Å². The van der Waals surface area contributed by atoms with Crippen molar-refractivity contribution in [3.63, 3.8) is 0 Å². The Morgan fingerprint density at radius 1 is 1.31 bits per heavy atom. The Morgan fingerprint density at radius 3 is 2.54 bits per heavy atom. The zero-order valence-electron chi connectivity index (χ0n) is 7.86. The molecule has 1 rings (SSSR count). The highest BCUT2D eigenvalue weighted by Gasteiger charge is 2.03. The maximum atomic E-state index is 4.96. The molecule has 3 nitrogen and oxygen atoms in total. The Hall–Kier alpha value is -1.32. The average molecular weight is 179 g/mol. The average Bonchev–Trinajstić information content (AvgIpc) is 2.20. The van der Waals surface area contributed by atoms with Gasteiger partial charge in [0.1, 0.15) is 0 Å².